The maximum atomic E-state index is 8.52. The molecule has 0 radical (unpaired) electrons. The van der Waals surface area contributed by atoms with Gasteiger partial charge >= 0.3 is 0 Å². The summed E-state index contributed by atoms with van der Waals surface area (Å²) >= 11 is 0. The van der Waals surface area contributed by atoms with Crippen LogP contribution < -0.4 is 0 Å². The first-order valence-electron chi connectivity index (χ1n) is 5.00. The Morgan fingerprint density at radius 2 is 1.58 bits per heavy atom. The zero-order valence-corrected chi connectivity index (χ0v) is 8.38. The van der Waals surface area contributed by atoms with Crippen molar-refractivity contribution in [3.63, 3.8) is 0 Å². The van der Waals surface area contributed by atoms with Crippen LogP contribution in [0.15, 0.2) is 0 Å². The Balaban J connectivity index is 2.82. The molecule has 2 heteroatoms. The Morgan fingerprint density at radius 1 is 1.00 bits per heavy atom. The summed E-state index contributed by atoms with van der Waals surface area (Å²) in [5, 5.41) is 8.52. The second-order valence-corrected chi connectivity index (χ2v) is 3.41. The maximum absolute atomic E-state index is 8.52. The van der Waals surface area contributed by atoms with Crippen molar-refractivity contribution in [3.8, 4) is 0 Å². The van der Waals surface area contributed by atoms with Crippen LogP contribution in [0.2, 0.25) is 0 Å². The molecule has 0 atom stereocenters. The minimum atomic E-state index is 0.336. The highest BCUT2D eigenvalue weighted by Crippen LogP contribution is 2.03. The van der Waals surface area contributed by atoms with Crippen LogP contribution in [-0.2, 0) is 4.74 Å². The predicted octanol–water partition coefficient (Wildman–Crippen LogP) is 2.35. The predicted molar refractivity (Wildman–Crippen MR) is 51.3 cm³/mol. The Kier molecular flexibility index (Phi) is 8.95. The van der Waals surface area contributed by atoms with Crippen LogP contribution in [0.1, 0.15) is 46.0 Å². The molecule has 0 fully saturated rings. The smallest absolute Gasteiger partial charge is 0.0518 e. The fraction of sp³-hybridized carbons (Fsp3) is 1.00. The van der Waals surface area contributed by atoms with Crippen molar-refractivity contribution in [2.24, 2.45) is 0 Å². The highest BCUT2D eigenvalue weighted by atomic mass is 16.5. The third kappa shape index (κ3) is 9.92. The molecular weight excluding hydrogens is 152 g/mol. The van der Waals surface area contributed by atoms with E-state index in [2.05, 4.69) is 13.8 Å². The molecule has 0 aromatic rings. The van der Waals surface area contributed by atoms with Gasteiger partial charge in [-0.2, -0.15) is 0 Å². The van der Waals surface area contributed by atoms with E-state index in [1.54, 1.807) is 0 Å². The molecule has 74 valence electrons. The van der Waals surface area contributed by atoms with E-state index in [1.807, 2.05) is 0 Å². The number of hydrogen-bond donors (Lipinski definition) is 1. The molecule has 1 N–H and O–H groups in total. The third-order valence-corrected chi connectivity index (χ3v) is 1.75. The fourth-order valence-electron chi connectivity index (χ4n) is 1.06. The van der Waals surface area contributed by atoms with Gasteiger partial charge in [-0.1, -0.05) is 19.3 Å². The lowest BCUT2D eigenvalue weighted by atomic mass is 10.1. The molecule has 0 unspecified atom stereocenters. The minimum absolute atomic E-state index is 0.336. The van der Waals surface area contributed by atoms with E-state index in [0.29, 0.717) is 12.7 Å². The van der Waals surface area contributed by atoms with Gasteiger partial charge in [-0.05, 0) is 26.7 Å². The number of ether oxygens (including phenoxy) is 1. The molecule has 2 nitrogen and oxygen atoms in total. The van der Waals surface area contributed by atoms with Crippen LogP contribution in [0, 0.1) is 0 Å². The first-order valence-corrected chi connectivity index (χ1v) is 5.00. The van der Waals surface area contributed by atoms with Gasteiger partial charge in [0.2, 0.25) is 0 Å². The van der Waals surface area contributed by atoms with Crippen LogP contribution in [0.3, 0.4) is 0 Å². The van der Waals surface area contributed by atoms with Crippen LogP contribution in [0.5, 0.6) is 0 Å². The first kappa shape index (κ1) is 11.9. The van der Waals surface area contributed by atoms with Crippen molar-refractivity contribution in [2.75, 3.05) is 13.2 Å². The quantitative estimate of drug-likeness (QED) is 0.572. The van der Waals surface area contributed by atoms with E-state index in [0.717, 1.165) is 25.9 Å². The average molecular weight is 174 g/mol. The summed E-state index contributed by atoms with van der Waals surface area (Å²) in [5.41, 5.74) is 0. The SMILES string of the molecule is CC(C)OCCCCCCCO. The Morgan fingerprint density at radius 3 is 2.17 bits per heavy atom. The molecule has 0 saturated heterocycles. The highest BCUT2D eigenvalue weighted by Gasteiger charge is 1.93. The summed E-state index contributed by atoms with van der Waals surface area (Å²) < 4.78 is 5.40. The normalized spacial score (nSPS) is 11.0. The Labute approximate surface area is 75.9 Å². The Hall–Kier alpha value is -0.0800. The van der Waals surface area contributed by atoms with Crippen molar-refractivity contribution in [3.05, 3.63) is 0 Å². The van der Waals surface area contributed by atoms with Gasteiger partial charge in [-0.3, -0.25) is 0 Å². The van der Waals surface area contributed by atoms with E-state index in [4.69, 9.17) is 9.84 Å². The van der Waals surface area contributed by atoms with Crippen molar-refractivity contribution in [1.82, 2.24) is 0 Å². The molecule has 0 aromatic heterocycles. The fourth-order valence-corrected chi connectivity index (χ4v) is 1.06. The lowest BCUT2D eigenvalue weighted by Gasteiger charge is -2.06. The monoisotopic (exact) mass is 174 g/mol. The van der Waals surface area contributed by atoms with E-state index in [9.17, 15) is 0 Å². The van der Waals surface area contributed by atoms with Crippen LogP contribution in [0.4, 0.5) is 0 Å². The van der Waals surface area contributed by atoms with E-state index < -0.39 is 0 Å². The number of aliphatic hydroxyl groups is 1. The minimum Gasteiger partial charge on any atom is -0.396 e. The molecule has 0 rings (SSSR count). The van der Waals surface area contributed by atoms with Crippen LogP contribution in [0.25, 0.3) is 0 Å². The highest BCUT2D eigenvalue weighted by molar-refractivity contribution is 4.44. The number of hydrogen-bond acceptors (Lipinski definition) is 2. The van der Waals surface area contributed by atoms with Gasteiger partial charge in [0.05, 0.1) is 6.10 Å². The van der Waals surface area contributed by atoms with Gasteiger partial charge < -0.3 is 9.84 Å². The van der Waals surface area contributed by atoms with Gasteiger partial charge in [0.15, 0.2) is 0 Å². The summed E-state index contributed by atoms with van der Waals surface area (Å²) in [7, 11) is 0. The van der Waals surface area contributed by atoms with Crippen molar-refractivity contribution in [1.29, 1.82) is 0 Å². The van der Waals surface area contributed by atoms with Crippen LogP contribution in [-0.4, -0.2) is 24.4 Å². The van der Waals surface area contributed by atoms with Crippen molar-refractivity contribution >= 4 is 0 Å². The molecule has 0 amide bonds. The van der Waals surface area contributed by atoms with E-state index in [1.165, 1.54) is 12.8 Å². The number of unbranched alkanes of at least 4 members (excludes halogenated alkanes) is 4. The lowest BCUT2D eigenvalue weighted by molar-refractivity contribution is 0.0756. The summed E-state index contributed by atoms with van der Waals surface area (Å²) in [6.45, 7) is 5.34. The largest absolute Gasteiger partial charge is 0.396 e. The second-order valence-electron chi connectivity index (χ2n) is 3.41. The second kappa shape index (κ2) is 9.01. The zero-order chi connectivity index (χ0) is 9.23. The number of aliphatic hydroxyl groups excluding tert-OH is 1. The van der Waals surface area contributed by atoms with Crippen LogP contribution >= 0.6 is 0 Å². The van der Waals surface area contributed by atoms with E-state index in [-0.39, 0.29) is 0 Å². The van der Waals surface area contributed by atoms with Gasteiger partial charge in [-0.25, -0.2) is 0 Å². The van der Waals surface area contributed by atoms with Crippen molar-refractivity contribution < 1.29 is 9.84 Å². The molecule has 0 aliphatic heterocycles. The third-order valence-electron chi connectivity index (χ3n) is 1.75. The lowest BCUT2D eigenvalue weighted by Crippen LogP contribution is -2.03. The summed E-state index contributed by atoms with van der Waals surface area (Å²) in [4.78, 5) is 0. The van der Waals surface area contributed by atoms with Gasteiger partial charge in [0, 0.05) is 13.2 Å². The van der Waals surface area contributed by atoms with Crippen molar-refractivity contribution in [2.45, 2.75) is 52.1 Å². The molecular formula is C10H22O2. The zero-order valence-electron chi connectivity index (χ0n) is 8.38. The first-order chi connectivity index (χ1) is 5.77. The molecule has 0 heterocycles. The summed E-state index contributed by atoms with van der Waals surface area (Å²) in [6, 6.07) is 0. The van der Waals surface area contributed by atoms with Gasteiger partial charge in [0.25, 0.3) is 0 Å². The van der Waals surface area contributed by atoms with Gasteiger partial charge in [-0.15, -0.1) is 0 Å². The molecule has 0 spiro atoms. The standard InChI is InChI=1S/C10H22O2/c1-10(2)12-9-7-5-3-4-6-8-11/h10-11H,3-9H2,1-2H3. The molecule has 0 aliphatic carbocycles. The Bertz CT molecular complexity index is 81.9. The molecule has 0 aliphatic rings. The molecule has 12 heavy (non-hydrogen) atoms. The molecule has 0 bridgehead atoms. The molecule has 0 saturated carbocycles. The number of rotatable bonds is 8. The summed E-state index contributed by atoms with van der Waals surface area (Å²) in [6.07, 6.45) is 6.07. The molecule has 0 aromatic carbocycles. The summed E-state index contributed by atoms with van der Waals surface area (Å²) in [5.74, 6) is 0. The van der Waals surface area contributed by atoms with E-state index >= 15 is 0 Å². The topological polar surface area (TPSA) is 29.5 Å². The van der Waals surface area contributed by atoms with Gasteiger partial charge in [0.1, 0.15) is 0 Å². The average Bonchev–Trinajstić information content (AvgIpc) is 2.02. The maximum Gasteiger partial charge on any atom is 0.0518 e.